The van der Waals surface area contributed by atoms with Crippen LogP contribution in [0, 0.1) is 6.92 Å². The number of rotatable bonds is 7. The molecule has 1 aliphatic rings. The number of H-pyrrole nitrogens is 1. The molecule has 35 heavy (non-hydrogen) atoms. The summed E-state index contributed by atoms with van der Waals surface area (Å²) in [6, 6.07) is 6.52. The first kappa shape index (κ1) is 24.4. The van der Waals surface area contributed by atoms with Crippen molar-refractivity contribution in [1.82, 2.24) is 20.5 Å². The fraction of sp³-hybridized carbons (Fsp3) is 0.375. The third-order valence-electron chi connectivity index (χ3n) is 5.79. The molecule has 10 nitrogen and oxygen atoms in total. The van der Waals surface area contributed by atoms with E-state index in [-0.39, 0.29) is 35.1 Å². The van der Waals surface area contributed by atoms with E-state index >= 15 is 0 Å². The number of ether oxygens (including phenoxy) is 1. The number of carbonyl (C=O) groups excluding carboxylic acids is 3. The fourth-order valence-corrected chi connectivity index (χ4v) is 5.07. The molecule has 0 aliphatic heterocycles. The summed E-state index contributed by atoms with van der Waals surface area (Å²) in [5.41, 5.74) is 1.68. The van der Waals surface area contributed by atoms with Crippen LogP contribution in [0.15, 0.2) is 24.3 Å². The zero-order valence-corrected chi connectivity index (χ0v) is 20.4. The van der Waals surface area contributed by atoms with E-state index in [0.29, 0.717) is 34.0 Å². The number of aromatic hydroxyl groups is 1. The van der Waals surface area contributed by atoms with Gasteiger partial charge in [-0.2, -0.15) is 5.10 Å². The SMILES string of the molecule is Cc1sc(-c2cccc(O)c2C=O)nc1C(=O)Nc1cc([C@H]2CC[C@@H](OC(=O)NC(C)C)C2)[nH]n1. The summed E-state index contributed by atoms with van der Waals surface area (Å²) in [6.45, 7) is 5.52. The number of anilines is 1. The summed E-state index contributed by atoms with van der Waals surface area (Å²) in [5, 5.41) is 23.1. The van der Waals surface area contributed by atoms with Crippen LogP contribution >= 0.6 is 11.3 Å². The number of nitrogens with zero attached hydrogens (tertiary/aromatic N) is 2. The third-order valence-corrected chi connectivity index (χ3v) is 6.79. The monoisotopic (exact) mass is 497 g/mol. The van der Waals surface area contributed by atoms with Crippen molar-refractivity contribution in [2.45, 2.75) is 58.1 Å². The molecule has 1 aromatic carbocycles. The Morgan fingerprint density at radius 3 is 2.86 bits per heavy atom. The Labute approximate surface area is 206 Å². The van der Waals surface area contributed by atoms with E-state index in [1.807, 2.05) is 13.8 Å². The summed E-state index contributed by atoms with van der Waals surface area (Å²) in [6.07, 6.45) is 2.28. The number of phenols is 1. The van der Waals surface area contributed by atoms with Crippen LogP contribution in [0.4, 0.5) is 10.6 Å². The zero-order valence-electron chi connectivity index (χ0n) is 19.6. The maximum Gasteiger partial charge on any atom is 0.407 e. The van der Waals surface area contributed by atoms with E-state index in [1.54, 1.807) is 25.1 Å². The molecule has 184 valence electrons. The Hall–Kier alpha value is -3.73. The van der Waals surface area contributed by atoms with Crippen molar-refractivity contribution in [2.24, 2.45) is 0 Å². The molecule has 2 amide bonds. The molecule has 1 fully saturated rings. The van der Waals surface area contributed by atoms with Crippen LogP contribution < -0.4 is 10.6 Å². The van der Waals surface area contributed by atoms with Gasteiger partial charge in [-0.3, -0.25) is 14.7 Å². The number of benzene rings is 1. The van der Waals surface area contributed by atoms with Gasteiger partial charge in [0.05, 0.1) is 5.56 Å². The lowest BCUT2D eigenvalue weighted by molar-refractivity contribution is 0.0979. The highest BCUT2D eigenvalue weighted by molar-refractivity contribution is 7.15. The molecule has 3 aromatic rings. The van der Waals surface area contributed by atoms with E-state index < -0.39 is 12.0 Å². The Bertz CT molecular complexity index is 1250. The molecule has 4 N–H and O–H groups in total. The number of hydrogen-bond donors (Lipinski definition) is 4. The second-order valence-corrected chi connectivity index (χ2v) is 9.98. The first-order chi connectivity index (χ1) is 16.7. The fourth-order valence-electron chi connectivity index (χ4n) is 4.12. The first-order valence-electron chi connectivity index (χ1n) is 11.3. The molecule has 0 radical (unpaired) electrons. The average Bonchev–Trinajstić information content (AvgIpc) is 3.53. The molecular formula is C24H27N5O5S. The second kappa shape index (κ2) is 10.3. The number of aldehydes is 1. The molecule has 4 rings (SSSR count). The highest BCUT2D eigenvalue weighted by atomic mass is 32.1. The number of aromatic amines is 1. The van der Waals surface area contributed by atoms with Crippen molar-refractivity contribution in [3.8, 4) is 16.3 Å². The molecule has 1 aliphatic carbocycles. The number of thiazole rings is 1. The number of aromatic nitrogens is 3. The van der Waals surface area contributed by atoms with E-state index in [4.69, 9.17) is 4.74 Å². The summed E-state index contributed by atoms with van der Waals surface area (Å²) in [4.78, 5) is 41.2. The molecule has 0 bridgehead atoms. The summed E-state index contributed by atoms with van der Waals surface area (Å²) in [7, 11) is 0. The van der Waals surface area contributed by atoms with Crippen LogP contribution in [0.5, 0.6) is 5.75 Å². The smallest absolute Gasteiger partial charge is 0.407 e. The van der Waals surface area contributed by atoms with Crippen LogP contribution in [0.1, 0.15) is 70.4 Å². The number of hydrogen-bond acceptors (Lipinski definition) is 8. The molecule has 0 saturated heterocycles. The minimum absolute atomic E-state index is 0.0165. The van der Waals surface area contributed by atoms with E-state index in [1.165, 1.54) is 17.4 Å². The molecule has 11 heteroatoms. The Balaban J connectivity index is 1.41. The highest BCUT2D eigenvalue weighted by Crippen LogP contribution is 2.36. The van der Waals surface area contributed by atoms with Gasteiger partial charge in [-0.25, -0.2) is 9.78 Å². The predicted octanol–water partition coefficient (Wildman–Crippen LogP) is 4.38. The third kappa shape index (κ3) is 5.51. The van der Waals surface area contributed by atoms with Gasteiger partial charge in [0, 0.05) is 34.2 Å². The number of phenolic OH excluding ortho intramolecular Hbond substituents is 1. The van der Waals surface area contributed by atoms with Gasteiger partial charge in [-0.15, -0.1) is 11.3 Å². The van der Waals surface area contributed by atoms with Gasteiger partial charge >= 0.3 is 6.09 Å². The summed E-state index contributed by atoms with van der Waals surface area (Å²) >= 11 is 1.26. The van der Waals surface area contributed by atoms with Crippen molar-refractivity contribution < 1.29 is 24.2 Å². The molecule has 2 heterocycles. The number of carbonyl (C=O) groups is 3. The average molecular weight is 498 g/mol. The van der Waals surface area contributed by atoms with Crippen LogP contribution in [0.3, 0.4) is 0 Å². The van der Waals surface area contributed by atoms with Crippen LogP contribution in [-0.2, 0) is 4.74 Å². The van der Waals surface area contributed by atoms with Gasteiger partial charge in [-0.05, 0) is 46.1 Å². The standard InChI is InChI=1S/C24H27N5O5S/c1-12(2)25-24(33)34-15-8-7-14(9-15)18-10-20(29-28-18)26-22(32)21-13(3)35-23(27-21)16-5-4-6-19(31)17(16)11-30/h4-6,10-12,14-15,31H,7-9H2,1-3H3,(H,25,33)(H2,26,28,29,32)/t14-,15+/m0/s1. The van der Waals surface area contributed by atoms with Gasteiger partial charge in [0.2, 0.25) is 0 Å². The molecule has 1 saturated carbocycles. The lowest BCUT2D eigenvalue weighted by atomic mass is 10.0. The lowest BCUT2D eigenvalue weighted by Crippen LogP contribution is -2.33. The van der Waals surface area contributed by atoms with Gasteiger partial charge < -0.3 is 20.5 Å². The maximum atomic E-state index is 12.9. The summed E-state index contributed by atoms with van der Waals surface area (Å²) in [5.74, 6) is -0.0497. The van der Waals surface area contributed by atoms with Crippen LogP contribution in [0.2, 0.25) is 0 Å². The number of aryl methyl sites for hydroxylation is 1. The van der Waals surface area contributed by atoms with Gasteiger partial charge in [-0.1, -0.05) is 12.1 Å². The Kier molecular flexibility index (Phi) is 7.15. The minimum Gasteiger partial charge on any atom is -0.507 e. The molecule has 2 aromatic heterocycles. The van der Waals surface area contributed by atoms with Crippen molar-refractivity contribution >= 4 is 35.4 Å². The molecule has 2 atom stereocenters. The van der Waals surface area contributed by atoms with Crippen LogP contribution in [-0.4, -0.2) is 50.7 Å². The van der Waals surface area contributed by atoms with E-state index in [0.717, 1.165) is 18.5 Å². The van der Waals surface area contributed by atoms with Gasteiger partial charge in [0.15, 0.2) is 12.1 Å². The van der Waals surface area contributed by atoms with E-state index in [9.17, 15) is 19.5 Å². The van der Waals surface area contributed by atoms with Crippen molar-refractivity contribution in [1.29, 1.82) is 0 Å². The van der Waals surface area contributed by atoms with Crippen molar-refractivity contribution in [2.75, 3.05) is 5.32 Å². The maximum absolute atomic E-state index is 12.9. The predicted molar refractivity (Wildman–Crippen MR) is 131 cm³/mol. The molecule has 0 unspecified atom stereocenters. The zero-order chi connectivity index (χ0) is 25.1. The van der Waals surface area contributed by atoms with Crippen molar-refractivity contribution in [3.63, 3.8) is 0 Å². The number of alkyl carbamates (subject to hydrolysis) is 1. The Morgan fingerprint density at radius 1 is 1.31 bits per heavy atom. The quantitative estimate of drug-likeness (QED) is 0.354. The normalized spacial score (nSPS) is 17.4. The summed E-state index contributed by atoms with van der Waals surface area (Å²) < 4.78 is 5.48. The van der Waals surface area contributed by atoms with E-state index in [2.05, 4.69) is 25.8 Å². The van der Waals surface area contributed by atoms with Gasteiger partial charge in [0.1, 0.15) is 22.6 Å². The minimum atomic E-state index is -0.422. The van der Waals surface area contributed by atoms with Crippen LogP contribution in [0.25, 0.3) is 10.6 Å². The Morgan fingerprint density at radius 2 is 2.11 bits per heavy atom. The molecule has 0 spiro atoms. The van der Waals surface area contributed by atoms with Gasteiger partial charge in [0.25, 0.3) is 5.91 Å². The number of amides is 2. The topological polar surface area (TPSA) is 146 Å². The first-order valence-corrected chi connectivity index (χ1v) is 12.2. The van der Waals surface area contributed by atoms with Crippen molar-refractivity contribution in [3.05, 3.63) is 46.1 Å². The highest BCUT2D eigenvalue weighted by Gasteiger charge is 2.30. The number of nitrogens with one attached hydrogen (secondary N) is 3. The largest absolute Gasteiger partial charge is 0.507 e. The second-order valence-electron chi connectivity index (χ2n) is 8.78. The molecular weight excluding hydrogens is 470 g/mol. The lowest BCUT2D eigenvalue weighted by Gasteiger charge is -2.14.